The number of amides is 2. The van der Waals surface area contributed by atoms with E-state index in [0.29, 0.717) is 31.5 Å². The number of hydrogen-bond donors (Lipinski definition) is 0. The summed E-state index contributed by atoms with van der Waals surface area (Å²) in [6.07, 6.45) is 1.07. The van der Waals surface area contributed by atoms with Crippen molar-refractivity contribution in [1.29, 1.82) is 0 Å². The van der Waals surface area contributed by atoms with Crippen LogP contribution in [0.4, 0.5) is 4.39 Å². The van der Waals surface area contributed by atoms with E-state index >= 15 is 0 Å². The zero-order valence-electron chi connectivity index (χ0n) is 19.5. The summed E-state index contributed by atoms with van der Waals surface area (Å²) in [6, 6.07) is 5.79. The van der Waals surface area contributed by atoms with Crippen LogP contribution in [0.15, 0.2) is 24.3 Å². The van der Waals surface area contributed by atoms with Crippen LogP contribution >= 0.6 is 0 Å². The van der Waals surface area contributed by atoms with E-state index < -0.39 is 15.8 Å². The number of halogens is 1. The Kier molecular flexibility index (Phi) is 10.7. The molecule has 0 atom stereocenters. The maximum atomic E-state index is 13.8. The lowest BCUT2D eigenvalue weighted by Crippen LogP contribution is -2.52. The molecule has 1 fully saturated rings. The second-order valence-electron chi connectivity index (χ2n) is 7.92. The normalized spacial score (nSPS) is 15.1. The van der Waals surface area contributed by atoms with Crippen molar-refractivity contribution in [3.63, 3.8) is 0 Å². The molecule has 1 aliphatic heterocycles. The zero-order chi connectivity index (χ0) is 24.4. The number of rotatable bonds is 12. The maximum Gasteiger partial charge on any atom is 0.248 e. The molecule has 0 spiro atoms. The first-order valence-electron chi connectivity index (χ1n) is 11.0. The van der Waals surface area contributed by atoms with Gasteiger partial charge in [0.05, 0.1) is 18.9 Å². The SMILES string of the molecule is CCS(=O)(=O)N(CCOC)CC(=O)N(Cc1cccc(F)c1)C1CCN(C(=O)COC)CC1. The fraction of sp³-hybridized carbons (Fsp3) is 0.636. The van der Waals surface area contributed by atoms with E-state index in [0.717, 1.165) is 4.31 Å². The van der Waals surface area contributed by atoms with Crippen LogP contribution in [-0.2, 0) is 35.6 Å². The van der Waals surface area contributed by atoms with Crippen LogP contribution in [0, 0.1) is 5.82 Å². The Balaban J connectivity index is 2.21. The molecule has 33 heavy (non-hydrogen) atoms. The summed E-state index contributed by atoms with van der Waals surface area (Å²) in [4.78, 5) is 28.8. The average Bonchev–Trinajstić information content (AvgIpc) is 2.80. The molecule has 1 aromatic rings. The minimum atomic E-state index is -3.62. The van der Waals surface area contributed by atoms with Crippen LogP contribution in [0.3, 0.4) is 0 Å². The Labute approximate surface area is 195 Å². The van der Waals surface area contributed by atoms with Gasteiger partial charge in [-0.3, -0.25) is 9.59 Å². The highest BCUT2D eigenvalue weighted by atomic mass is 32.2. The van der Waals surface area contributed by atoms with Gasteiger partial charge in [-0.2, -0.15) is 4.31 Å². The van der Waals surface area contributed by atoms with Gasteiger partial charge in [0.1, 0.15) is 12.4 Å². The lowest BCUT2D eigenvalue weighted by Gasteiger charge is -2.39. The first-order valence-corrected chi connectivity index (χ1v) is 12.6. The van der Waals surface area contributed by atoms with Crippen molar-refractivity contribution in [3.05, 3.63) is 35.6 Å². The molecule has 186 valence electrons. The fourth-order valence-corrected chi connectivity index (χ4v) is 4.85. The number of nitrogens with zero attached hydrogens (tertiary/aromatic N) is 3. The minimum absolute atomic E-state index is 0.0000590. The standard InChI is InChI=1S/C22H34FN3O6S/c1-4-33(29,30)25(12-13-31-2)16-21(27)26(15-18-6-5-7-19(23)14-18)20-8-10-24(11-9-20)22(28)17-32-3/h5-7,14,20H,4,8-13,15-17H2,1-3H3. The second-order valence-corrected chi connectivity index (χ2v) is 10.2. The lowest BCUT2D eigenvalue weighted by atomic mass is 10.0. The molecular formula is C22H34FN3O6S. The molecule has 1 aromatic carbocycles. The van der Waals surface area contributed by atoms with Gasteiger partial charge in [-0.05, 0) is 37.5 Å². The Morgan fingerprint density at radius 2 is 1.88 bits per heavy atom. The van der Waals surface area contributed by atoms with Crippen molar-refractivity contribution < 1.29 is 31.9 Å². The van der Waals surface area contributed by atoms with Gasteiger partial charge < -0.3 is 19.3 Å². The number of benzene rings is 1. The Morgan fingerprint density at radius 1 is 1.18 bits per heavy atom. The van der Waals surface area contributed by atoms with Gasteiger partial charge >= 0.3 is 0 Å². The summed E-state index contributed by atoms with van der Waals surface area (Å²) in [5, 5.41) is 0. The molecule has 9 nitrogen and oxygen atoms in total. The van der Waals surface area contributed by atoms with Gasteiger partial charge in [0.2, 0.25) is 21.8 Å². The number of likely N-dealkylation sites (tertiary alicyclic amines) is 1. The second kappa shape index (κ2) is 13.0. The topological polar surface area (TPSA) is 96.5 Å². The number of piperidine rings is 1. The van der Waals surface area contributed by atoms with Crippen molar-refractivity contribution in [2.45, 2.75) is 32.4 Å². The predicted octanol–water partition coefficient (Wildman–Crippen LogP) is 1.09. The van der Waals surface area contributed by atoms with Gasteiger partial charge in [0, 0.05) is 46.4 Å². The maximum absolute atomic E-state index is 13.8. The number of ether oxygens (including phenoxy) is 2. The molecule has 0 saturated carbocycles. The highest BCUT2D eigenvalue weighted by Gasteiger charge is 2.32. The minimum Gasteiger partial charge on any atom is -0.383 e. The summed E-state index contributed by atoms with van der Waals surface area (Å²) in [6.45, 7) is 2.50. The van der Waals surface area contributed by atoms with Crippen molar-refractivity contribution in [1.82, 2.24) is 14.1 Å². The molecule has 1 aliphatic rings. The summed E-state index contributed by atoms with van der Waals surface area (Å²) in [5.74, 6) is -1.02. The average molecular weight is 488 g/mol. The van der Waals surface area contributed by atoms with Crippen LogP contribution < -0.4 is 0 Å². The summed E-state index contributed by atoms with van der Waals surface area (Å²) >= 11 is 0. The van der Waals surface area contributed by atoms with Crippen molar-refractivity contribution >= 4 is 21.8 Å². The highest BCUT2D eigenvalue weighted by molar-refractivity contribution is 7.89. The number of methoxy groups -OCH3 is 2. The van der Waals surface area contributed by atoms with E-state index in [4.69, 9.17) is 9.47 Å². The van der Waals surface area contributed by atoms with Gasteiger partial charge in [0.25, 0.3) is 0 Å². The molecule has 1 heterocycles. The molecule has 11 heteroatoms. The molecule has 0 bridgehead atoms. The molecule has 0 radical (unpaired) electrons. The smallest absolute Gasteiger partial charge is 0.248 e. The number of carbonyl (C=O) groups excluding carboxylic acids is 2. The monoisotopic (exact) mass is 487 g/mol. The van der Waals surface area contributed by atoms with E-state index in [9.17, 15) is 22.4 Å². The van der Waals surface area contributed by atoms with Crippen molar-refractivity contribution in [2.24, 2.45) is 0 Å². The Morgan fingerprint density at radius 3 is 2.45 bits per heavy atom. The van der Waals surface area contributed by atoms with Gasteiger partial charge in [-0.25, -0.2) is 12.8 Å². The molecule has 2 rings (SSSR count). The summed E-state index contributed by atoms with van der Waals surface area (Å²) in [7, 11) is -0.691. The van der Waals surface area contributed by atoms with Crippen LogP contribution in [-0.4, -0.2) is 99.7 Å². The Bertz CT molecular complexity index is 890. The van der Waals surface area contributed by atoms with E-state index in [-0.39, 0.29) is 56.5 Å². The molecule has 0 aliphatic carbocycles. The molecule has 1 saturated heterocycles. The van der Waals surface area contributed by atoms with E-state index in [1.54, 1.807) is 21.9 Å². The number of hydrogen-bond acceptors (Lipinski definition) is 6. The highest BCUT2D eigenvalue weighted by Crippen LogP contribution is 2.21. The van der Waals surface area contributed by atoms with Crippen LogP contribution in [0.25, 0.3) is 0 Å². The molecular weight excluding hydrogens is 453 g/mol. The third-order valence-corrected chi connectivity index (χ3v) is 7.53. The van der Waals surface area contributed by atoms with E-state index in [1.165, 1.54) is 33.3 Å². The quantitative estimate of drug-likeness (QED) is 0.438. The van der Waals surface area contributed by atoms with Gasteiger partial charge in [-0.1, -0.05) is 12.1 Å². The first-order chi connectivity index (χ1) is 15.7. The van der Waals surface area contributed by atoms with Crippen LogP contribution in [0.1, 0.15) is 25.3 Å². The predicted molar refractivity (Wildman–Crippen MR) is 121 cm³/mol. The van der Waals surface area contributed by atoms with Gasteiger partial charge in [-0.15, -0.1) is 0 Å². The third-order valence-electron chi connectivity index (χ3n) is 5.70. The number of carbonyl (C=O) groups is 2. The van der Waals surface area contributed by atoms with E-state index in [1.807, 2.05) is 0 Å². The van der Waals surface area contributed by atoms with Crippen molar-refractivity contribution in [2.75, 3.05) is 59.4 Å². The first kappa shape index (κ1) is 27.2. The van der Waals surface area contributed by atoms with Crippen LogP contribution in [0.2, 0.25) is 0 Å². The number of sulfonamides is 1. The zero-order valence-corrected chi connectivity index (χ0v) is 20.4. The summed E-state index contributed by atoms with van der Waals surface area (Å²) < 4.78 is 49.9. The molecule has 0 N–H and O–H groups in total. The fourth-order valence-electron chi connectivity index (χ4n) is 3.83. The lowest BCUT2D eigenvalue weighted by molar-refractivity contribution is -0.139. The van der Waals surface area contributed by atoms with E-state index in [2.05, 4.69) is 0 Å². The van der Waals surface area contributed by atoms with Crippen LogP contribution in [0.5, 0.6) is 0 Å². The van der Waals surface area contributed by atoms with Crippen molar-refractivity contribution in [3.8, 4) is 0 Å². The summed E-state index contributed by atoms with van der Waals surface area (Å²) in [5.41, 5.74) is 0.614. The molecule has 0 unspecified atom stereocenters. The molecule has 2 amide bonds. The largest absolute Gasteiger partial charge is 0.383 e. The van der Waals surface area contributed by atoms with Gasteiger partial charge in [0.15, 0.2) is 0 Å². The third kappa shape index (κ3) is 8.02. The molecule has 0 aromatic heterocycles. The Hall–Kier alpha value is -2.08.